The van der Waals surface area contributed by atoms with E-state index in [0.29, 0.717) is 0 Å². The van der Waals surface area contributed by atoms with Gasteiger partial charge in [-0.25, -0.2) is 4.98 Å². The zero-order valence-electron chi connectivity index (χ0n) is 8.46. The first-order valence-electron chi connectivity index (χ1n) is 4.74. The Bertz CT molecular complexity index is 517. The monoisotopic (exact) mass is 230 g/mol. The van der Waals surface area contributed by atoms with Gasteiger partial charge in [0.05, 0.1) is 5.69 Å². The average molecular weight is 230 g/mol. The summed E-state index contributed by atoms with van der Waals surface area (Å²) in [5, 5.41) is 2.73. The van der Waals surface area contributed by atoms with Crippen molar-refractivity contribution >= 4 is 23.3 Å². The largest absolute Gasteiger partial charge is 0.366 e. The van der Waals surface area contributed by atoms with E-state index in [9.17, 15) is 4.79 Å². The molecule has 0 fully saturated rings. The molecule has 2 N–H and O–H groups in total. The fraction of sp³-hybridized carbons (Fsp3) is 0. The molecule has 2 rings (SSSR count). The zero-order chi connectivity index (χ0) is 11.4. The van der Waals surface area contributed by atoms with E-state index in [2.05, 4.69) is 4.98 Å². The van der Waals surface area contributed by atoms with E-state index < -0.39 is 5.91 Å². The van der Waals surface area contributed by atoms with Crippen molar-refractivity contribution in [3.05, 3.63) is 46.8 Å². The highest BCUT2D eigenvalue weighted by Crippen LogP contribution is 2.21. The van der Waals surface area contributed by atoms with Gasteiger partial charge in [0.1, 0.15) is 5.01 Å². The second kappa shape index (κ2) is 4.72. The van der Waals surface area contributed by atoms with E-state index in [-0.39, 0.29) is 0 Å². The summed E-state index contributed by atoms with van der Waals surface area (Å²) in [7, 11) is 0. The number of thiazole rings is 1. The van der Waals surface area contributed by atoms with Crippen molar-refractivity contribution < 1.29 is 4.79 Å². The number of nitrogens with two attached hydrogens (primary N) is 1. The summed E-state index contributed by atoms with van der Waals surface area (Å²) in [5.74, 6) is -0.462. The number of hydrogen-bond acceptors (Lipinski definition) is 3. The highest BCUT2D eigenvalue weighted by Gasteiger charge is 2.01. The first-order valence-corrected chi connectivity index (χ1v) is 5.62. The van der Waals surface area contributed by atoms with Crippen LogP contribution in [-0.2, 0) is 4.79 Å². The van der Waals surface area contributed by atoms with Gasteiger partial charge in [-0.3, -0.25) is 4.79 Å². The SMILES string of the molecule is NC(=O)/C=C/c1nc(-c2ccccc2)cs1. The van der Waals surface area contributed by atoms with Crippen LogP contribution in [0.4, 0.5) is 0 Å². The molecule has 3 nitrogen and oxygen atoms in total. The molecule has 1 aromatic carbocycles. The molecule has 0 saturated heterocycles. The number of amides is 1. The predicted octanol–water partition coefficient (Wildman–Crippen LogP) is 2.31. The van der Waals surface area contributed by atoms with Gasteiger partial charge < -0.3 is 5.73 Å². The zero-order valence-corrected chi connectivity index (χ0v) is 9.28. The van der Waals surface area contributed by atoms with Gasteiger partial charge in [0.15, 0.2) is 0 Å². The van der Waals surface area contributed by atoms with Gasteiger partial charge in [-0.2, -0.15) is 0 Å². The van der Waals surface area contributed by atoms with Gasteiger partial charge in [0, 0.05) is 17.0 Å². The van der Waals surface area contributed by atoms with Crippen LogP contribution < -0.4 is 5.73 Å². The third-order valence-corrected chi connectivity index (χ3v) is 2.79. The molecular formula is C12H10N2OS. The van der Waals surface area contributed by atoms with Crippen LogP contribution in [0.2, 0.25) is 0 Å². The molecule has 0 saturated carbocycles. The number of nitrogens with zero attached hydrogens (tertiary/aromatic N) is 1. The number of primary amides is 1. The maximum absolute atomic E-state index is 10.6. The Balaban J connectivity index is 2.23. The van der Waals surface area contributed by atoms with Crippen molar-refractivity contribution in [1.29, 1.82) is 0 Å². The van der Waals surface area contributed by atoms with Gasteiger partial charge >= 0.3 is 0 Å². The lowest BCUT2D eigenvalue weighted by Gasteiger charge is -1.93. The van der Waals surface area contributed by atoms with Gasteiger partial charge in [-0.05, 0) is 6.08 Å². The van der Waals surface area contributed by atoms with E-state index in [1.54, 1.807) is 6.08 Å². The standard InChI is InChI=1S/C12H10N2OS/c13-11(15)6-7-12-14-10(8-16-12)9-4-2-1-3-5-9/h1-8H,(H2,13,15)/b7-6+. The number of aromatic nitrogens is 1. The van der Waals surface area contributed by atoms with Crippen molar-refractivity contribution in [1.82, 2.24) is 4.98 Å². The highest BCUT2D eigenvalue weighted by atomic mass is 32.1. The molecule has 4 heteroatoms. The van der Waals surface area contributed by atoms with Gasteiger partial charge in [0.2, 0.25) is 5.91 Å². The van der Waals surface area contributed by atoms with Crippen molar-refractivity contribution in [2.75, 3.05) is 0 Å². The Kier molecular flexibility index (Phi) is 3.12. The predicted molar refractivity (Wildman–Crippen MR) is 65.8 cm³/mol. The third kappa shape index (κ3) is 2.55. The average Bonchev–Trinajstić information content (AvgIpc) is 2.76. The molecule has 0 unspecified atom stereocenters. The Morgan fingerprint density at radius 3 is 2.75 bits per heavy atom. The number of rotatable bonds is 3. The molecule has 1 heterocycles. The lowest BCUT2D eigenvalue weighted by molar-refractivity contribution is -0.113. The van der Waals surface area contributed by atoms with Crippen LogP contribution in [-0.4, -0.2) is 10.9 Å². The molecule has 0 aliphatic heterocycles. The molecule has 1 aromatic heterocycles. The summed E-state index contributed by atoms with van der Waals surface area (Å²) in [6.45, 7) is 0. The van der Waals surface area contributed by atoms with Crippen LogP contribution in [0.5, 0.6) is 0 Å². The maximum atomic E-state index is 10.6. The molecule has 2 aromatic rings. The Morgan fingerprint density at radius 2 is 2.06 bits per heavy atom. The van der Waals surface area contributed by atoms with Crippen LogP contribution in [0.3, 0.4) is 0 Å². The van der Waals surface area contributed by atoms with E-state index in [1.807, 2.05) is 35.7 Å². The van der Waals surface area contributed by atoms with Gasteiger partial charge in [0.25, 0.3) is 0 Å². The minimum atomic E-state index is -0.462. The molecular weight excluding hydrogens is 220 g/mol. The lowest BCUT2D eigenvalue weighted by atomic mass is 10.2. The Hall–Kier alpha value is -1.94. The normalized spacial score (nSPS) is 10.8. The maximum Gasteiger partial charge on any atom is 0.241 e. The highest BCUT2D eigenvalue weighted by molar-refractivity contribution is 7.10. The second-order valence-corrected chi connectivity index (χ2v) is 4.06. The van der Waals surface area contributed by atoms with Crippen LogP contribution in [0.15, 0.2) is 41.8 Å². The fourth-order valence-electron chi connectivity index (χ4n) is 1.26. The van der Waals surface area contributed by atoms with Crippen LogP contribution in [0.1, 0.15) is 5.01 Å². The molecule has 1 amide bonds. The summed E-state index contributed by atoms with van der Waals surface area (Å²) in [4.78, 5) is 14.9. The van der Waals surface area contributed by atoms with Crippen molar-refractivity contribution in [2.45, 2.75) is 0 Å². The van der Waals surface area contributed by atoms with E-state index in [0.717, 1.165) is 16.3 Å². The molecule has 0 bridgehead atoms. The topological polar surface area (TPSA) is 56.0 Å². The molecule has 80 valence electrons. The smallest absolute Gasteiger partial charge is 0.241 e. The Labute approximate surface area is 97.3 Å². The number of carbonyl (C=O) groups is 1. The molecule has 0 radical (unpaired) electrons. The van der Waals surface area contributed by atoms with Crippen molar-refractivity contribution in [3.63, 3.8) is 0 Å². The second-order valence-electron chi connectivity index (χ2n) is 3.17. The first kappa shape index (κ1) is 10.6. The molecule has 0 atom stereocenters. The van der Waals surface area contributed by atoms with E-state index >= 15 is 0 Å². The minimum Gasteiger partial charge on any atom is -0.366 e. The quantitative estimate of drug-likeness (QED) is 0.822. The van der Waals surface area contributed by atoms with E-state index in [1.165, 1.54) is 17.4 Å². The number of hydrogen-bond donors (Lipinski definition) is 1. The number of benzene rings is 1. The van der Waals surface area contributed by atoms with Crippen LogP contribution in [0, 0.1) is 0 Å². The molecule has 16 heavy (non-hydrogen) atoms. The Morgan fingerprint density at radius 1 is 1.31 bits per heavy atom. The summed E-state index contributed by atoms with van der Waals surface area (Å²) < 4.78 is 0. The van der Waals surface area contributed by atoms with Crippen molar-refractivity contribution in [3.8, 4) is 11.3 Å². The minimum absolute atomic E-state index is 0.462. The first-order chi connectivity index (χ1) is 7.75. The summed E-state index contributed by atoms with van der Waals surface area (Å²) >= 11 is 1.48. The third-order valence-electron chi connectivity index (χ3n) is 1.98. The van der Waals surface area contributed by atoms with Crippen LogP contribution in [0.25, 0.3) is 17.3 Å². The summed E-state index contributed by atoms with van der Waals surface area (Å²) in [6, 6.07) is 9.89. The summed E-state index contributed by atoms with van der Waals surface area (Å²) in [5.41, 5.74) is 6.99. The molecule has 0 spiro atoms. The van der Waals surface area contributed by atoms with Crippen molar-refractivity contribution in [2.24, 2.45) is 5.73 Å². The van der Waals surface area contributed by atoms with E-state index in [4.69, 9.17) is 5.73 Å². The number of carbonyl (C=O) groups excluding carboxylic acids is 1. The summed E-state index contributed by atoms with van der Waals surface area (Å²) in [6.07, 6.45) is 2.94. The van der Waals surface area contributed by atoms with Gasteiger partial charge in [-0.1, -0.05) is 30.3 Å². The molecule has 0 aliphatic rings. The van der Waals surface area contributed by atoms with Gasteiger partial charge in [-0.15, -0.1) is 11.3 Å². The lowest BCUT2D eigenvalue weighted by Crippen LogP contribution is -2.04. The van der Waals surface area contributed by atoms with Crippen LogP contribution >= 0.6 is 11.3 Å². The fourth-order valence-corrected chi connectivity index (χ4v) is 1.98. The molecule has 0 aliphatic carbocycles.